The summed E-state index contributed by atoms with van der Waals surface area (Å²) in [6.07, 6.45) is 3.50. The van der Waals surface area contributed by atoms with Gasteiger partial charge >= 0.3 is 0 Å². The fraction of sp³-hybridized carbons (Fsp3) is 0.214. The minimum Gasteiger partial charge on any atom is -0.398 e. The zero-order valence-electron chi connectivity index (χ0n) is 10.2. The molecule has 3 nitrogen and oxygen atoms in total. The first-order valence-electron chi connectivity index (χ1n) is 5.90. The van der Waals surface area contributed by atoms with E-state index < -0.39 is 0 Å². The molecule has 1 atom stereocenters. The highest BCUT2D eigenvalue weighted by Crippen LogP contribution is 2.26. The van der Waals surface area contributed by atoms with Crippen LogP contribution in [0.5, 0.6) is 0 Å². The predicted molar refractivity (Wildman–Crippen MR) is 75.6 cm³/mol. The Hall–Kier alpha value is -1.58. The van der Waals surface area contributed by atoms with E-state index in [1.54, 1.807) is 12.4 Å². The van der Waals surface area contributed by atoms with Crippen molar-refractivity contribution in [2.75, 3.05) is 12.3 Å². The minimum absolute atomic E-state index is 0.0426. The van der Waals surface area contributed by atoms with Crippen molar-refractivity contribution in [3.8, 4) is 0 Å². The number of pyridine rings is 1. The Labute approximate surface area is 112 Å². The number of hydrogen-bond acceptors (Lipinski definition) is 3. The Kier molecular flexibility index (Phi) is 4.18. The summed E-state index contributed by atoms with van der Waals surface area (Å²) in [5.74, 6) is 0. The zero-order chi connectivity index (χ0) is 13.0. The maximum atomic E-state index is 6.01. The van der Waals surface area contributed by atoms with Crippen LogP contribution in [-0.2, 0) is 0 Å². The van der Waals surface area contributed by atoms with E-state index in [1.807, 2.05) is 30.3 Å². The van der Waals surface area contributed by atoms with Gasteiger partial charge in [-0.05, 0) is 30.3 Å². The molecule has 2 aromatic rings. The summed E-state index contributed by atoms with van der Waals surface area (Å²) in [5.41, 5.74) is 8.87. The molecule has 1 heterocycles. The molecule has 0 aliphatic heterocycles. The number of nitrogen functional groups attached to an aromatic ring is 1. The molecule has 2 rings (SSSR count). The SMILES string of the molecule is CCNC(c1ccc(Cl)cc1)c1cnccc1N. The van der Waals surface area contributed by atoms with Crippen LogP contribution < -0.4 is 11.1 Å². The minimum atomic E-state index is 0.0426. The summed E-state index contributed by atoms with van der Waals surface area (Å²) in [7, 11) is 0. The number of nitrogens with two attached hydrogens (primary N) is 1. The van der Waals surface area contributed by atoms with Crippen LogP contribution in [0.4, 0.5) is 5.69 Å². The van der Waals surface area contributed by atoms with Gasteiger partial charge < -0.3 is 11.1 Å². The van der Waals surface area contributed by atoms with Crippen LogP contribution in [0.15, 0.2) is 42.7 Å². The number of nitrogens with one attached hydrogen (secondary N) is 1. The fourth-order valence-electron chi connectivity index (χ4n) is 1.93. The monoisotopic (exact) mass is 261 g/mol. The van der Waals surface area contributed by atoms with Crippen LogP contribution in [-0.4, -0.2) is 11.5 Å². The molecule has 0 saturated carbocycles. The van der Waals surface area contributed by atoms with Crippen molar-refractivity contribution < 1.29 is 0 Å². The van der Waals surface area contributed by atoms with Gasteiger partial charge in [0.15, 0.2) is 0 Å². The van der Waals surface area contributed by atoms with Gasteiger partial charge in [-0.2, -0.15) is 0 Å². The fourth-order valence-corrected chi connectivity index (χ4v) is 2.05. The van der Waals surface area contributed by atoms with Crippen LogP contribution in [0.3, 0.4) is 0 Å². The van der Waals surface area contributed by atoms with Gasteiger partial charge in [0.2, 0.25) is 0 Å². The number of nitrogens with zero attached hydrogens (tertiary/aromatic N) is 1. The predicted octanol–water partition coefficient (Wildman–Crippen LogP) is 3.02. The Morgan fingerprint density at radius 3 is 2.61 bits per heavy atom. The second kappa shape index (κ2) is 5.85. The van der Waals surface area contributed by atoms with Gasteiger partial charge in [-0.1, -0.05) is 30.7 Å². The van der Waals surface area contributed by atoms with Gasteiger partial charge in [0.25, 0.3) is 0 Å². The maximum Gasteiger partial charge on any atom is 0.0612 e. The topological polar surface area (TPSA) is 50.9 Å². The van der Waals surface area contributed by atoms with Crippen LogP contribution in [0.25, 0.3) is 0 Å². The van der Waals surface area contributed by atoms with E-state index in [9.17, 15) is 0 Å². The highest BCUT2D eigenvalue weighted by Gasteiger charge is 2.15. The molecule has 94 valence electrons. The van der Waals surface area contributed by atoms with Gasteiger partial charge in [0.05, 0.1) is 6.04 Å². The third kappa shape index (κ3) is 2.81. The molecule has 1 unspecified atom stereocenters. The van der Waals surface area contributed by atoms with Crippen LogP contribution in [0.1, 0.15) is 24.1 Å². The number of benzene rings is 1. The van der Waals surface area contributed by atoms with E-state index in [0.29, 0.717) is 0 Å². The summed E-state index contributed by atoms with van der Waals surface area (Å²) in [6.45, 7) is 2.91. The van der Waals surface area contributed by atoms with Crippen molar-refractivity contribution in [2.45, 2.75) is 13.0 Å². The Morgan fingerprint density at radius 1 is 1.28 bits per heavy atom. The molecule has 0 spiro atoms. The van der Waals surface area contributed by atoms with Crippen LogP contribution in [0, 0.1) is 0 Å². The summed E-state index contributed by atoms with van der Waals surface area (Å²) < 4.78 is 0. The van der Waals surface area contributed by atoms with Crippen molar-refractivity contribution in [1.29, 1.82) is 0 Å². The summed E-state index contributed by atoms with van der Waals surface area (Å²) in [6, 6.07) is 9.63. The molecule has 0 saturated heterocycles. The van der Waals surface area contributed by atoms with Crippen molar-refractivity contribution >= 4 is 17.3 Å². The van der Waals surface area contributed by atoms with E-state index in [2.05, 4.69) is 17.2 Å². The van der Waals surface area contributed by atoms with Crippen LogP contribution in [0.2, 0.25) is 5.02 Å². The highest BCUT2D eigenvalue weighted by atomic mass is 35.5. The average molecular weight is 262 g/mol. The molecule has 3 N–H and O–H groups in total. The molecule has 0 bridgehead atoms. The highest BCUT2D eigenvalue weighted by molar-refractivity contribution is 6.30. The molecule has 0 amide bonds. The van der Waals surface area contributed by atoms with Gasteiger partial charge in [0.1, 0.15) is 0 Å². The molecule has 0 aliphatic carbocycles. The van der Waals surface area contributed by atoms with E-state index in [-0.39, 0.29) is 6.04 Å². The number of hydrogen-bond donors (Lipinski definition) is 2. The van der Waals surface area contributed by atoms with Crippen molar-refractivity contribution in [2.24, 2.45) is 0 Å². The van der Waals surface area contributed by atoms with E-state index >= 15 is 0 Å². The van der Waals surface area contributed by atoms with E-state index in [1.165, 1.54) is 0 Å². The molecular formula is C14H16ClN3. The first-order valence-corrected chi connectivity index (χ1v) is 6.28. The Morgan fingerprint density at radius 2 is 2.00 bits per heavy atom. The van der Waals surface area contributed by atoms with Gasteiger partial charge in [-0.3, -0.25) is 4.98 Å². The third-order valence-corrected chi connectivity index (χ3v) is 3.06. The standard InChI is InChI=1S/C14H16ClN3/c1-2-18-14(10-3-5-11(15)6-4-10)12-9-17-8-7-13(12)16/h3-9,14,18H,2H2,1H3,(H2,16,17). The number of rotatable bonds is 4. The maximum absolute atomic E-state index is 6.01. The number of halogens is 1. The average Bonchev–Trinajstić information content (AvgIpc) is 2.38. The first-order chi connectivity index (χ1) is 8.72. The van der Waals surface area contributed by atoms with E-state index in [0.717, 1.165) is 28.4 Å². The molecular weight excluding hydrogens is 246 g/mol. The molecule has 0 aliphatic rings. The molecule has 0 radical (unpaired) electrons. The smallest absolute Gasteiger partial charge is 0.0612 e. The molecule has 1 aromatic carbocycles. The van der Waals surface area contributed by atoms with Crippen molar-refractivity contribution in [1.82, 2.24) is 10.3 Å². The largest absolute Gasteiger partial charge is 0.398 e. The second-order valence-electron chi connectivity index (χ2n) is 4.05. The van der Waals surface area contributed by atoms with Crippen molar-refractivity contribution in [3.05, 3.63) is 58.9 Å². The lowest BCUT2D eigenvalue weighted by Crippen LogP contribution is -2.23. The molecule has 1 aromatic heterocycles. The molecule has 0 fully saturated rings. The third-order valence-electron chi connectivity index (χ3n) is 2.81. The zero-order valence-corrected chi connectivity index (χ0v) is 11.0. The van der Waals surface area contributed by atoms with Gasteiger partial charge in [-0.15, -0.1) is 0 Å². The summed E-state index contributed by atoms with van der Waals surface area (Å²) in [5, 5.41) is 4.14. The lowest BCUT2D eigenvalue weighted by Gasteiger charge is -2.20. The molecule has 18 heavy (non-hydrogen) atoms. The number of aromatic nitrogens is 1. The Bertz CT molecular complexity index is 511. The first kappa shape index (κ1) is 12.9. The van der Waals surface area contributed by atoms with E-state index in [4.69, 9.17) is 17.3 Å². The van der Waals surface area contributed by atoms with Gasteiger partial charge in [-0.25, -0.2) is 0 Å². The Balaban J connectivity index is 2.40. The summed E-state index contributed by atoms with van der Waals surface area (Å²) >= 11 is 5.91. The van der Waals surface area contributed by atoms with Crippen LogP contribution >= 0.6 is 11.6 Å². The normalized spacial score (nSPS) is 12.3. The van der Waals surface area contributed by atoms with Gasteiger partial charge in [0, 0.05) is 28.7 Å². The summed E-state index contributed by atoms with van der Waals surface area (Å²) in [4.78, 5) is 4.15. The quantitative estimate of drug-likeness (QED) is 0.890. The molecule has 4 heteroatoms. The lowest BCUT2D eigenvalue weighted by molar-refractivity contribution is 0.630. The second-order valence-corrected chi connectivity index (χ2v) is 4.48. The number of anilines is 1. The van der Waals surface area contributed by atoms with Crippen molar-refractivity contribution in [3.63, 3.8) is 0 Å². The lowest BCUT2D eigenvalue weighted by atomic mass is 9.99.